The molecule has 6 heteroatoms. The normalized spacial score (nSPS) is 11.9. The van der Waals surface area contributed by atoms with Crippen LogP contribution < -0.4 is 10.6 Å². The second kappa shape index (κ2) is 5.62. The van der Waals surface area contributed by atoms with Crippen molar-refractivity contribution in [3.8, 4) is 0 Å². The van der Waals surface area contributed by atoms with E-state index in [1.165, 1.54) is 18.3 Å². The average molecular weight is 242 g/mol. The second-order valence-corrected chi connectivity index (χ2v) is 4.49. The first-order chi connectivity index (χ1) is 7.49. The van der Waals surface area contributed by atoms with E-state index in [0.717, 1.165) is 0 Å². The van der Waals surface area contributed by atoms with Crippen LogP contribution in [0.1, 0.15) is 23.5 Å². The summed E-state index contributed by atoms with van der Waals surface area (Å²) in [6.07, 6.45) is -0.571. The van der Waals surface area contributed by atoms with Gasteiger partial charge < -0.3 is 15.7 Å². The highest BCUT2D eigenvalue weighted by Gasteiger charge is 2.09. The maximum Gasteiger partial charge on any atom is 0.261 e. The SMILES string of the molecule is CC(=O)Nc1ccc(C(=O)NC[C@@H](C)O)s1. The Labute approximate surface area is 97.5 Å². The quantitative estimate of drug-likeness (QED) is 0.731. The van der Waals surface area contributed by atoms with Gasteiger partial charge in [0.1, 0.15) is 0 Å². The molecule has 0 saturated heterocycles. The number of amides is 2. The second-order valence-electron chi connectivity index (χ2n) is 3.40. The molecular formula is C10H14N2O3S. The summed E-state index contributed by atoms with van der Waals surface area (Å²) in [5.74, 6) is -0.416. The lowest BCUT2D eigenvalue weighted by molar-refractivity contribution is -0.114. The lowest BCUT2D eigenvalue weighted by atomic mass is 10.4. The van der Waals surface area contributed by atoms with E-state index in [-0.39, 0.29) is 18.4 Å². The van der Waals surface area contributed by atoms with Gasteiger partial charge >= 0.3 is 0 Å². The number of thiophene rings is 1. The zero-order valence-corrected chi connectivity index (χ0v) is 9.93. The largest absolute Gasteiger partial charge is 0.392 e. The Balaban J connectivity index is 2.56. The summed E-state index contributed by atoms with van der Waals surface area (Å²) < 4.78 is 0. The summed E-state index contributed by atoms with van der Waals surface area (Å²) in [7, 11) is 0. The Morgan fingerprint density at radius 2 is 2.19 bits per heavy atom. The molecule has 16 heavy (non-hydrogen) atoms. The number of aliphatic hydroxyl groups is 1. The fraction of sp³-hybridized carbons (Fsp3) is 0.400. The summed E-state index contributed by atoms with van der Waals surface area (Å²) in [5, 5.41) is 14.8. The zero-order chi connectivity index (χ0) is 12.1. The van der Waals surface area contributed by atoms with Crippen LogP contribution in [0.25, 0.3) is 0 Å². The minimum absolute atomic E-state index is 0.169. The van der Waals surface area contributed by atoms with E-state index in [9.17, 15) is 9.59 Å². The molecule has 0 aliphatic heterocycles. The highest BCUT2D eigenvalue weighted by Crippen LogP contribution is 2.21. The summed E-state index contributed by atoms with van der Waals surface area (Å²) in [6, 6.07) is 3.30. The van der Waals surface area contributed by atoms with Crippen LogP contribution in [0, 0.1) is 0 Å². The van der Waals surface area contributed by atoms with E-state index in [2.05, 4.69) is 10.6 Å². The van der Waals surface area contributed by atoms with Crippen molar-refractivity contribution in [2.45, 2.75) is 20.0 Å². The minimum Gasteiger partial charge on any atom is -0.392 e. The Kier molecular flexibility index (Phi) is 4.45. The molecule has 88 valence electrons. The molecule has 3 N–H and O–H groups in total. The van der Waals surface area contributed by atoms with Gasteiger partial charge in [0.2, 0.25) is 5.91 Å². The van der Waals surface area contributed by atoms with E-state index in [1.807, 2.05) is 0 Å². The molecule has 1 heterocycles. The fourth-order valence-electron chi connectivity index (χ4n) is 1.03. The van der Waals surface area contributed by atoms with Crippen molar-refractivity contribution in [3.63, 3.8) is 0 Å². The van der Waals surface area contributed by atoms with Crippen LogP contribution in [0.15, 0.2) is 12.1 Å². The van der Waals surface area contributed by atoms with Gasteiger partial charge in [-0.3, -0.25) is 9.59 Å². The van der Waals surface area contributed by atoms with Gasteiger partial charge in [-0.2, -0.15) is 0 Å². The number of carbonyl (C=O) groups excluding carboxylic acids is 2. The molecule has 1 aromatic rings. The van der Waals surface area contributed by atoms with Gasteiger partial charge in [-0.1, -0.05) is 0 Å². The van der Waals surface area contributed by atoms with E-state index in [4.69, 9.17) is 5.11 Å². The zero-order valence-electron chi connectivity index (χ0n) is 9.11. The predicted molar refractivity (Wildman–Crippen MR) is 62.6 cm³/mol. The highest BCUT2D eigenvalue weighted by atomic mass is 32.1. The van der Waals surface area contributed by atoms with Crippen molar-refractivity contribution in [3.05, 3.63) is 17.0 Å². The Bertz CT molecular complexity index is 387. The first-order valence-corrected chi connectivity index (χ1v) is 5.64. The first-order valence-electron chi connectivity index (χ1n) is 4.82. The minimum atomic E-state index is -0.571. The number of hydrogen-bond acceptors (Lipinski definition) is 4. The number of rotatable bonds is 4. The van der Waals surface area contributed by atoms with Crippen LogP contribution in [-0.4, -0.2) is 29.6 Å². The molecule has 1 rings (SSSR count). The smallest absolute Gasteiger partial charge is 0.261 e. The lowest BCUT2D eigenvalue weighted by Crippen LogP contribution is -2.29. The maximum atomic E-state index is 11.5. The van der Waals surface area contributed by atoms with Crippen LogP contribution in [-0.2, 0) is 4.79 Å². The van der Waals surface area contributed by atoms with Crippen LogP contribution in [0.2, 0.25) is 0 Å². The van der Waals surface area contributed by atoms with Crippen molar-refractivity contribution in [1.82, 2.24) is 5.32 Å². The van der Waals surface area contributed by atoms with E-state index in [1.54, 1.807) is 19.1 Å². The molecule has 1 aromatic heterocycles. The van der Waals surface area contributed by atoms with Crippen molar-refractivity contribution >= 4 is 28.2 Å². The van der Waals surface area contributed by atoms with Gasteiger partial charge in [-0.15, -0.1) is 11.3 Å². The summed E-state index contributed by atoms with van der Waals surface area (Å²) in [4.78, 5) is 22.8. The van der Waals surface area contributed by atoms with Crippen molar-refractivity contribution in [1.29, 1.82) is 0 Å². The number of carbonyl (C=O) groups is 2. The molecule has 0 aromatic carbocycles. The van der Waals surface area contributed by atoms with E-state index >= 15 is 0 Å². The van der Waals surface area contributed by atoms with Gasteiger partial charge in [-0.25, -0.2) is 0 Å². The van der Waals surface area contributed by atoms with Crippen LogP contribution in [0.5, 0.6) is 0 Å². The summed E-state index contributed by atoms with van der Waals surface area (Å²) >= 11 is 1.20. The maximum absolute atomic E-state index is 11.5. The third kappa shape index (κ3) is 4.00. The number of anilines is 1. The molecule has 5 nitrogen and oxygen atoms in total. The molecule has 1 atom stereocenters. The van der Waals surface area contributed by atoms with Gasteiger partial charge in [0.15, 0.2) is 0 Å². The highest BCUT2D eigenvalue weighted by molar-refractivity contribution is 7.18. The van der Waals surface area contributed by atoms with Crippen LogP contribution in [0.4, 0.5) is 5.00 Å². The molecule has 0 aliphatic carbocycles. The van der Waals surface area contributed by atoms with Gasteiger partial charge in [0, 0.05) is 13.5 Å². The average Bonchev–Trinajstić information content (AvgIpc) is 2.61. The van der Waals surface area contributed by atoms with Gasteiger partial charge in [0.05, 0.1) is 16.0 Å². The molecule has 0 radical (unpaired) electrons. The number of hydrogen-bond donors (Lipinski definition) is 3. The van der Waals surface area contributed by atoms with Crippen LogP contribution >= 0.6 is 11.3 Å². The molecule has 0 saturated carbocycles. The molecule has 0 bridgehead atoms. The summed E-state index contributed by atoms with van der Waals surface area (Å²) in [6.45, 7) is 3.22. The third-order valence-electron chi connectivity index (χ3n) is 1.69. The van der Waals surface area contributed by atoms with Crippen molar-refractivity contribution in [2.75, 3.05) is 11.9 Å². The van der Waals surface area contributed by atoms with Gasteiger partial charge in [0.25, 0.3) is 5.91 Å². The van der Waals surface area contributed by atoms with Crippen LogP contribution in [0.3, 0.4) is 0 Å². The van der Waals surface area contributed by atoms with Crippen molar-refractivity contribution < 1.29 is 14.7 Å². The molecule has 0 spiro atoms. The summed E-state index contributed by atoms with van der Waals surface area (Å²) in [5.41, 5.74) is 0. The third-order valence-corrected chi connectivity index (χ3v) is 2.69. The lowest BCUT2D eigenvalue weighted by Gasteiger charge is -2.04. The van der Waals surface area contributed by atoms with E-state index in [0.29, 0.717) is 9.88 Å². The fourth-order valence-corrected chi connectivity index (χ4v) is 1.90. The first kappa shape index (κ1) is 12.7. The Hall–Kier alpha value is -1.40. The van der Waals surface area contributed by atoms with E-state index < -0.39 is 6.10 Å². The van der Waals surface area contributed by atoms with Crippen molar-refractivity contribution in [2.24, 2.45) is 0 Å². The number of aliphatic hydroxyl groups excluding tert-OH is 1. The molecule has 0 fully saturated rings. The molecular weight excluding hydrogens is 228 g/mol. The monoisotopic (exact) mass is 242 g/mol. The molecule has 0 aliphatic rings. The molecule has 0 unspecified atom stereocenters. The Morgan fingerprint density at radius 3 is 2.75 bits per heavy atom. The van der Waals surface area contributed by atoms with Gasteiger partial charge in [-0.05, 0) is 19.1 Å². The standard InChI is InChI=1S/C10H14N2O3S/c1-6(13)5-11-10(15)8-3-4-9(16-8)12-7(2)14/h3-4,6,13H,5H2,1-2H3,(H,11,15)(H,12,14)/t6-/m1/s1. The Morgan fingerprint density at radius 1 is 1.50 bits per heavy atom. The predicted octanol–water partition coefficient (Wildman–Crippen LogP) is 0.817. The molecule has 2 amide bonds. The topological polar surface area (TPSA) is 78.4 Å². The number of nitrogens with one attached hydrogen (secondary N) is 2.